The van der Waals surface area contributed by atoms with Gasteiger partial charge in [0.05, 0.1) is 10.8 Å². The lowest BCUT2D eigenvalue weighted by Gasteiger charge is -2.19. The van der Waals surface area contributed by atoms with Crippen molar-refractivity contribution in [2.24, 2.45) is 0 Å². The van der Waals surface area contributed by atoms with Crippen molar-refractivity contribution in [2.75, 3.05) is 11.9 Å². The first-order valence-corrected chi connectivity index (χ1v) is 10.7. The minimum Gasteiger partial charge on any atom is -0.354 e. The number of nitriles is 1. The van der Waals surface area contributed by atoms with Crippen LogP contribution >= 0.6 is 11.8 Å². The highest BCUT2D eigenvalue weighted by molar-refractivity contribution is 8.05. The third kappa shape index (κ3) is 4.81. The number of aryl methyl sites for hydroxylation is 1. The highest BCUT2D eigenvalue weighted by Gasteiger charge is 2.41. The molecule has 166 valence electrons. The highest BCUT2D eigenvalue weighted by atomic mass is 32.2. The Kier molecular flexibility index (Phi) is 6.94. The maximum atomic E-state index is 13.3. The maximum Gasteiger partial charge on any atom is 0.416 e. The zero-order chi connectivity index (χ0) is 23.5. The number of nitrogens with zero attached hydrogens (tertiary/aromatic N) is 2. The van der Waals surface area contributed by atoms with Gasteiger partial charge in [0, 0.05) is 12.7 Å². The van der Waals surface area contributed by atoms with Crippen LogP contribution in [0.25, 0.3) is 0 Å². The van der Waals surface area contributed by atoms with Gasteiger partial charge < -0.3 is 5.32 Å². The summed E-state index contributed by atoms with van der Waals surface area (Å²) in [4.78, 5) is 26.9. The van der Waals surface area contributed by atoms with Crippen LogP contribution in [0.5, 0.6) is 0 Å². The molecular weight excluding hydrogens is 439 g/mol. The SMILES string of the molecule is CCc1ccc(N2C(=O)C(Cc3cccc(C(F)(F)F)c3)S/C2=C(/C#N)C(=O)NC)cc1. The first kappa shape index (κ1) is 23.4. The molecule has 0 spiro atoms. The summed E-state index contributed by atoms with van der Waals surface area (Å²) in [7, 11) is 1.38. The highest BCUT2D eigenvalue weighted by Crippen LogP contribution is 2.42. The molecule has 3 rings (SSSR count). The number of alkyl halides is 3. The smallest absolute Gasteiger partial charge is 0.354 e. The Morgan fingerprint density at radius 3 is 2.44 bits per heavy atom. The molecule has 32 heavy (non-hydrogen) atoms. The van der Waals surface area contributed by atoms with Crippen molar-refractivity contribution >= 4 is 29.3 Å². The molecule has 0 aromatic heterocycles. The zero-order valence-electron chi connectivity index (χ0n) is 17.4. The van der Waals surface area contributed by atoms with Crippen LogP contribution in [0.15, 0.2) is 59.1 Å². The molecule has 1 unspecified atom stereocenters. The number of hydrogen-bond acceptors (Lipinski definition) is 4. The van der Waals surface area contributed by atoms with Gasteiger partial charge in [0.25, 0.3) is 5.91 Å². The number of halogens is 3. The van der Waals surface area contributed by atoms with E-state index in [9.17, 15) is 28.0 Å². The number of carbonyl (C=O) groups is 2. The summed E-state index contributed by atoms with van der Waals surface area (Å²) in [6, 6.07) is 13.8. The standard InChI is InChI=1S/C23H20F3N3O2S/c1-3-14-7-9-17(10-8-14)29-21(31)19(32-22(29)18(13-27)20(30)28-2)12-15-5-4-6-16(11-15)23(24,25)26/h4-11,19H,3,12H2,1-2H3,(H,28,30)/b22-18-. The average molecular weight is 459 g/mol. The van der Waals surface area contributed by atoms with Gasteiger partial charge in [0.15, 0.2) is 0 Å². The molecule has 5 nitrogen and oxygen atoms in total. The summed E-state index contributed by atoms with van der Waals surface area (Å²) in [5.74, 6) is -1.04. The van der Waals surface area contributed by atoms with Gasteiger partial charge in [-0.05, 0) is 42.2 Å². The number of anilines is 1. The lowest BCUT2D eigenvalue weighted by Crippen LogP contribution is -2.31. The molecule has 2 aromatic rings. The number of benzene rings is 2. The Morgan fingerprint density at radius 1 is 1.19 bits per heavy atom. The summed E-state index contributed by atoms with van der Waals surface area (Å²) in [6.45, 7) is 1.99. The maximum absolute atomic E-state index is 13.3. The van der Waals surface area contributed by atoms with E-state index in [0.717, 1.165) is 35.9 Å². The van der Waals surface area contributed by atoms with Crippen molar-refractivity contribution in [1.29, 1.82) is 5.26 Å². The molecule has 1 N–H and O–H groups in total. The molecule has 1 aliphatic heterocycles. The summed E-state index contributed by atoms with van der Waals surface area (Å²) in [6.07, 6.45) is -3.67. The second-order valence-corrected chi connectivity index (χ2v) is 8.26. The molecule has 1 fully saturated rings. The molecule has 0 radical (unpaired) electrons. The Balaban J connectivity index is 2.02. The molecule has 0 bridgehead atoms. The fraction of sp³-hybridized carbons (Fsp3) is 0.261. The van der Waals surface area contributed by atoms with Crippen molar-refractivity contribution in [3.05, 3.63) is 75.8 Å². The van der Waals surface area contributed by atoms with Crippen LogP contribution in [0, 0.1) is 11.3 Å². The molecule has 1 heterocycles. The monoisotopic (exact) mass is 459 g/mol. The van der Waals surface area contributed by atoms with Gasteiger partial charge in [-0.15, -0.1) is 0 Å². The van der Waals surface area contributed by atoms with Crippen molar-refractivity contribution in [1.82, 2.24) is 5.32 Å². The van der Waals surface area contributed by atoms with Gasteiger partial charge in [-0.25, -0.2) is 0 Å². The average Bonchev–Trinajstić information content (AvgIpc) is 3.09. The van der Waals surface area contributed by atoms with E-state index in [-0.39, 0.29) is 17.0 Å². The van der Waals surface area contributed by atoms with Crippen LogP contribution in [0.1, 0.15) is 23.6 Å². The number of hydrogen-bond donors (Lipinski definition) is 1. The van der Waals surface area contributed by atoms with E-state index in [1.54, 1.807) is 12.1 Å². The molecule has 0 saturated carbocycles. The van der Waals surface area contributed by atoms with Crippen molar-refractivity contribution in [3.63, 3.8) is 0 Å². The molecule has 9 heteroatoms. The largest absolute Gasteiger partial charge is 0.416 e. The molecular formula is C23H20F3N3O2S. The summed E-state index contributed by atoms with van der Waals surface area (Å²) in [5, 5.41) is 11.3. The van der Waals surface area contributed by atoms with E-state index >= 15 is 0 Å². The summed E-state index contributed by atoms with van der Waals surface area (Å²) in [5.41, 5.74) is 0.851. The molecule has 1 aliphatic rings. The Labute approximate surface area is 187 Å². The minimum atomic E-state index is -4.49. The second kappa shape index (κ2) is 9.49. The van der Waals surface area contributed by atoms with Gasteiger partial charge in [-0.1, -0.05) is 49.0 Å². The first-order chi connectivity index (χ1) is 15.2. The normalized spacial score (nSPS) is 17.8. The van der Waals surface area contributed by atoms with Crippen LogP contribution < -0.4 is 10.2 Å². The zero-order valence-corrected chi connectivity index (χ0v) is 18.2. The van der Waals surface area contributed by atoms with E-state index < -0.39 is 28.8 Å². The lowest BCUT2D eigenvalue weighted by atomic mass is 10.0. The van der Waals surface area contributed by atoms with E-state index in [1.807, 2.05) is 25.1 Å². The molecule has 1 atom stereocenters. The van der Waals surface area contributed by atoms with E-state index in [0.29, 0.717) is 11.3 Å². The molecule has 1 saturated heterocycles. The van der Waals surface area contributed by atoms with Crippen LogP contribution in [0.3, 0.4) is 0 Å². The number of nitrogens with one attached hydrogen (secondary N) is 1. The minimum absolute atomic E-state index is 0.0208. The number of likely N-dealkylation sites (N-methyl/N-ethyl adjacent to an activating group) is 1. The van der Waals surface area contributed by atoms with E-state index in [1.165, 1.54) is 24.1 Å². The Bertz CT molecular complexity index is 1100. The van der Waals surface area contributed by atoms with Crippen molar-refractivity contribution in [3.8, 4) is 6.07 Å². The van der Waals surface area contributed by atoms with Gasteiger partial charge in [0.1, 0.15) is 16.7 Å². The van der Waals surface area contributed by atoms with Crippen LogP contribution in [0.4, 0.5) is 18.9 Å². The lowest BCUT2D eigenvalue weighted by molar-refractivity contribution is -0.137. The first-order valence-electron chi connectivity index (χ1n) is 9.81. The fourth-order valence-corrected chi connectivity index (χ4v) is 4.62. The number of rotatable bonds is 5. The van der Waals surface area contributed by atoms with Gasteiger partial charge >= 0.3 is 6.18 Å². The third-order valence-corrected chi connectivity index (χ3v) is 6.27. The Hall–Kier alpha value is -3.25. The fourth-order valence-electron chi connectivity index (χ4n) is 3.32. The number of thioether (sulfide) groups is 1. The van der Waals surface area contributed by atoms with Gasteiger partial charge in [0.2, 0.25) is 5.91 Å². The number of amides is 2. The molecule has 2 amide bonds. The summed E-state index contributed by atoms with van der Waals surface area (Å²) >= 11 is 1.01. The van der Waals surface area contributed by atoms with Crippen LogP contribution in [-0.2, 0) is 28.6 Å². The summed E-state index contributed by atoms with van der Waals surface area (Å²) < 4.78 is 39.2. The van der Waals surface area contributed by atoms with E-state index in [4.69, 9.17) is 0 Å². The van der Waals surface area contributed by atoms with Crippen molar-refractivity contribution in [2.45, 2.75) is 31.2 Å². The topological polar surface area (TPSA) is 73.2 Å². The predicted octanol–water partition coefficient (Wildman–Crippen LogP) is 4.44. The van der Waals surface area contributed by atoms with Gasteiger partial charge in [-0.2, -0.15) is 18.4 Å². The number of carbonyl (C=O) groups excluding carboxylic acids is 2. The van der Waals surface area contributed by atoms with E-state index in [2.05, 4.69) is 5.32 Å². The second-order valence-electron chi connectivity index (χ2n) is 7.07. The predicted molar refractivity (Wildman–Crippen MR) is 117 cm³/mol. The molecule has 2 aromatic carbocycles. The van der Waals surface area contributed by atoms with Gasteiger partial charge in [-0.3, -0.25) is 14.5 Å². The quantitative estimate of drug-likeness (QED) is 0.530. The van der Waals surface area contributed by atoms with Crippen LogP contribution in [0.2, 0.25) is 0 Å². The van der Waals surface area contributed by atoms with Crippen molar-refractivity contribution < 1.29 is 22.8 Å². The Morgan fingerprint density at radius 2 is 1.88 bits per heavy atom. The third-order valence-electron chi connectivity index (χ3n) is 5.01. The van der Waals surface area contributed by atoms with Crippen LogP contribution in [-0.4, -0.2) is 24.1 Å². The molecule has 0 aliphatic carbocycles.